The van der Waals surface area contributed by atoms with Gasteiger partial charge in [-0.2, -0.15) is 0 Å². The van der Waals surface area contributed by atoms with Crippen molar-refractivity contribution >= 4 is 6.47 Å². The summed E-state index contributed by atoms with van der Waals surface area (Å²) in [4.78, 5) is 27.0. The molecule has 0 spiro atoms. The van der Waals surface area contributed by atoms with Crippen LogP contribution < -0.4 is 0 Å². The quantitative estimate of drug-likeness (QED) is 0.321. The lowest BCUT2D eigenvalue weighted by atomic mass is 10.1. The minimum absolute atomic E-state index is 0.195. The number of aromatic amines is 1. The van der Waals surface area contributed by atoms with Crippen molar-refractivity contribution in [3.8, 4) is 0 Å². The summed E-state index contributed by atoms with van der Waals surface area (Å²) >= 11 is 0. The highest BCUT2D eigenvalue weighted by molar-refractivity contribution is 5.37. The first-order chi connectivity index (χ1) is 7.70. The van der Waals surface area contributed by atoms with Crippen molar-refractivity contribution in [3.63, 3.8) is 0 Å². The molecular formula is C9H11N3O4. The summed E-state index contributed by atoms with van der Waals surface area (Å²) in [7, 11) is 0. The van der Waals surface area contributed by atoms with Gasteiger partial charge in [0.1, 0.15) is 5.69 Å². The highest BCUT2D eigenvalue weighted by Gasteiger charge is 2.35. The molecule has 0 saturated heterocycles. The Kier molecular flexibility index (Phi) is 4.19. The molecule has 1 heterocycles. The fourth-order valence-electron chi connectivity index (χ4n) is 1.37. The Balaban J connectivity index is 2.94. The third-order valence-electron chi connectivity index (χ3n) is 2.05. The van der Waals surface area contributed by atoms with Crippen molar-refractivity contribution in [2.75, 3.05) is 0 Å². The molecule has 0 amide bonds. The molecule has 2 unspecified atom stereocenters. The van der Waals surface area contributed by atoms with Crippen LogP contribution in [0, 0.1) is 10.1 Å². The molecule has 1 rings (SSSR count). The molecule has 7 nitrogen and oxygen atoms in total. The van der Waals surface area contributed by atoms with Crippen LogP contribution >= 0.6 is 0 Å². The minimum atomic E-state index is -1.16. The van der Waals surface area contributed by atoms with Gasteiger partial charge in [0.25, 0.3) is 12.5 Å². The maximum Gasteiger partial charge on any atom is 0.293 e. The largest absolute Gasteiger partial charge is 0.456 e. The first kappa shape index (κ1) is 11.9. The van der Waals surface area contributed by atoms with Gasteiger partial charge in [-0.15, -0.1) is 6.58 Å². The minimum Gasteiger partial charge on any atom is -0.456 e. The summed E-state index contributed by atoms with van der Waals surface area (Å²) < 4.78 is 4.69. The molecule has 0 aliphatic heterocycles. The van der Waals surface area contributed by atoms with E-state index < -0.39 is 17.1 Å². The molecule has 86 valence electrons. The number of nitrogens with zero attached hydrogens (tertiary/aromatic N) is 2. The lowest BCUT2D eigenvalue weighted by Crippen LogP contribution is -2.28. The zero-order valence-corrected chi connectivity index (χ0v) is 8.41. The van der Waals surface area contributed by atoms with Crippen LogP contribution in [0.4, 0.5) is 0 Å². The van der Waals surface area contributed by atoms with E-state index >= 15 is 0 Å². The van der Waals surface area contributed by atoms with Crippen molar-refractivity contribution < 1.29 is 14.5 Å². The van der Waals surface area contributed by atoms with Crippen molar-refractivity contribution in [2.24, 2.45) is 0 Å². The molecular weight excluding hydrogens is 214 g/mol. The van der Waals surface area contributed by atoms with E-state index in [2.05, 4.69) is 21.3 Å². The van der Waals surface area contributed by atoms with Crippen molar-refractivity contribution in [1.82, 2.24) is 9.97 Å². The highest BCUT2D eigenvalue weighted by Crippen LogP contribution is 2.22. The van der Waals surface area contributed by atoms with E-state index in [0.29, 0.717) is 5.69 Å². The summed E-state index contributed by atoms with van der Waals surface area (Å²) in [5.74, 6) is 0. The molecule has 0 saturated carbocycles. The number of rotatable bonds is 7. The van der Waals surface area contributed by atoms with E-state index in [9.17, 15) is 14.9 Å². The van der Waals surface area contributed by atoms with Crippen molar-refractivity contribution in [1.29, 1.82) is 0 Å². The average Bonchev–Trinajstić information content (AvgIpc) is 2.71. The molecule has 0 radical (unpaired) electrons. The third kappa shape index (κ3) is 2.66. The number of carbonyl (C=O) groups excluding carboxylic acids is 1. The number of aromatic nitrogens is 2. The Morgan fingerprint density at radius 1 is 1.75 bits per heavy atom. The SMILES string of the molecule is C=CCC(OC=O)C(c1cnc[nH]1)[N+](=O)[O-]. The van der Waals surface area contributed by atoms with Crippen LogP contribution in [0.1, 0.15) is 18.2 Å². The average molecular weight is 225 g/mol. The molecule has 1 aromatic rings. The number of nitro groups is 1. The lowest BCUT2D eigenvalue weighted by molar-refractivity contribution is -0.541. The molecule has 1 aromatic heterocycles. The summed E-state index contributed by atoms with van der Waals surface area (Å²) in [5, 5.41) is 10.9. The van der Waals surface area contributed by atoms with Crippen molar-refractivity contribution in [3.05, 3.63) is 41.0 Å². The number of hydrogen-bond donors (Lipinski definition) is 1. The first-order valence-electron chi connectivity index (χ1n) is 4.52. The standard InChI is InChI=1S/C9H11N3O4/c1-2-3-8(16-6-13)9(12(14)15)7-4-10-5-11-7/h2,4-6,8-9H,1,3H2,(H,10,11). The van der Waals surface area contributed by atoms with Gasteiger partial charge in [0.2, 0.25) is 0 Å². The number of nitrogens with one attached hydrogen (secondary N) is 1. The van der Waals surface area contributed by atoms with E-state index in [1.807, 2.05) is 0 Å². The number of H-pyrrole nitrogens is 1. The maximum atomic E-state index is 10.9. The van der Waals surface area contributed by atoms with Crippen LogP contribution in [0.25, 0.3) is 0 Å². The monoisotopic (exact) mass is 225 g/mol. The van der Waals surface area contributed by atoms with E-state index in [0.717, 1.165) is 0 Å². The topological polar surface area (TPSA) is 98.1 Å². The van der Waals surface area contributed by atoms with Gasteiger partial charge >= 0.3 is 0 Å². The van der Waals surface area contributed by atoms with Crippen LogP contribution in [0.15, 0.2) is 25.2 Å². The van der Waals surface area contributed by atoms with Crippen LogP contribution in [-0.4, -0.2) is 27.5 Å². The van der Waals surface area contributed by atoms with E-state index in [1.165, 1.54) is 18.6 Å². The fourth-order valence-corrected chi connectivity index (χ4v) is 1.37. The number of ether oxygens (including phenoxy) is 1. The zero-order chi connectivity index (χ0) is 12.0. The Morgan fingerprint density at radius 3 is 2.94 bits per heavy atom. The Bertz CT molecular complexity index is 353. The number of imidazole rings is 1. The second-order valence-corrected chi connectivity index (χ2v) is 3.03. The number of hydrogen-bond acceptors (Lipinski definition) is 5. The van der Waals surface area contributed by atoms with Gasteiger partial charge in [-0.3, -0.25) is 14.9 Å². The second-order valence-electron chi connectivity index (χ2n) is 3.03. The summed E-state index contributed by atoms with van der Waals surface area (Å²) in [6.07, 6.45) is 3.44. The molecule has 0 aromatic carbocycles. The predicted octanol–water partition coefficient (Wildman–Crippen LogP) is 0.845. The summed E-state index contributed by atoms with van der Waals surface area (Å²) in [5.41, 5.74) is 0.290. The summed E-state index contributed by atoms with van der Waals surface area (Å²) in [6.45, 7) is 3.66. The third-order valence-corrected chi connectivity index (χ3v) is 2.05. The fraction of sp³-hybridized carbons (Fsp3) is 0.333. The van der Waals surface area contributed by atoms with Crippen molar-refractivity contribution in [2.45, 2.75) is 18.6 Å². The molecule has 0 aliphatic carbocycles. The molecule has 0 aliphatic rings. The lowest BCUT2D eigenvalue weighted by Gasteiger charge is -2.16. The van der Waals surface area contributed by atoms with Gasteiger partial charge < -0.3 is 9.72 Å². The molecule has 0 fully saturated rings. The predicted molar refractivity (Wildman–Crippen MR) is 54.1 cm³/mol. The normalized spacial score (nSPS) is 13.8. The van der Waals surface area contributed by atoms with E-state index in [4.69, 9.17) is 0 Å². The molecule has 1 N–H and O–H groups in total. The smallest absolute Gasteiger partial charge is 0.293 e. The van der Waals surface area contributed by atoms with E-state index in [-0.39, 0.29) is 12.9 Å². The second kappa shape index (κ2) is 5.64. The summed E-state index contributed by atoms with van der Waals surface area (Å²) in [6, 6.07) is -1.16. The van der Waals surface area contributed by atoms with Gasteiger partial charge in [0.15, 0.2) is 6.10 Å². The molecule has 16 heavy (non-hydrogen) atoms. The van der Waals surface area contributed by atoms with Gasteiger partial charge in [0, 0.05) is 11.3 Å². The Hall–Kier alpha value is -2.18. The van der Waals surface area contributed by atoms with Crippen LogP contribution in [0.3, 0.4) is 0 Å². The molecule has 2 atom stereocenters. The van der Waals surface area contributed by atoms with Crippen LogP contribution in [-0.2, 0) is 9.53 Å². The first-order valence-corrected chi connectivity index (χ1v) is 4.52. The van der Waals surface area contributed by atoms with Gasteiger partial charge in [0.05, 0.1) is 12.5 Å². The Labute approximate surface area is 91.3 Å². The van der Waals surface area contributed by atoms with Gasteiger partial charge in [-0.05, 0) is 0 Å². The van der Waals surface area contributed by atoms with Gasteiger partial charge in [-0.1, -0.05) is 6.08 Å². The number of carbonyl (C=O) groups is 1. The Morgan fingerprint density at radius 2 is 2.50 bits per heavy atom. The van der Waals surface area contributed by atoms with Crippen LogP contribution in [0.5, 0.6) is 0 Å². The maximum absolute atomic E-state index is 10.9. The molecule has 0 bridgehead atoms. The van der Waals surface area contributed by atoms with E-state index in [1.54, 1.807) is 0 Å². The highest BCUT2D eigenvalue weighted by atomic mass is 16.6. The van der Waals surface area contributed by atoms with Crippen LogP contribution in [0.2, 0.25) is 0 Å². The molecule has 7 heteroatoms. The zero-order valence-electron chi connectivity index (χ0n) is 8.41. The van der Waals surface area contributed by atoms with Gasteiger partial charge in [-0.25, -0.2) is 4.98 Å².